The molecule has 0 spiro atoms. The molecule has 0 radical (unpaired) electrons. The number of rotatable bonds is 7. The minimum atomic E-state index is -0.569. The molecule has 9 heteroatoms. The highest BCUT2D eigenvalue weighted by atomic mass is 19.1. The van der Waals surface area contributed by atoms with Gasteiger partial charge in [0.25, 0.3) is 5.91 Å². The third-order valence-electron chi connectivity index (χ3n) is 6.85. The lowest BCUT2D eigenvalue weighted by Crippen LogP contribution is -2.52. The average Bonchev–Trinajstić information content (AvgIpc) is 3.25. The molecule has 0 N–H and O–H groups in total. The molecule has 1 aromatic carbocycles. The number of carbonyl (C=O) groups excluding carboxylic acids is 2. The van der Waals surface area contributed by atoms with E-state index in [4.69, 9.17) is 14.0 Å². The summed E-state index contributed by atoms with van der Waals surface area (Å²) in [7, 11) is 0. The number of benzene rings is 1. The molecule has 2 aliphatic heterocycles. The molecule has 0 bridgehead atoms. The largest absolute Gasteiger partial charge is 0.493 e. The van der Waals surface area contributed by atoms with Crippen LogP contribution < -0.4 is 4.74 Å². The molecule has 1 atom stereocenters. The Morgan fingerprint density at radius 1 is 1.14 bits per heavy atom. The maximum absolute atomic E-state index is 13.6. The van der Waals surface area contributed by atoms with Crippen molar-refractivity contribution in [3.05, 3.63) is 47.1 Å². The van der Waals surface area contributed by atoms with E-state index in [0.717, 1.165) is 12.8 Å². The maximum atomic E-state index is 13.6. The van der Waals surface area contributed by atoms with E-state index in [-0.39, 0.29) is 36.6 Å². The predicted octanol–water partition coefficient (Wildman–Crippen LogP) is 3.80. The molecule has 1 aromatic heterocycles. The van der Waals surface area contributed by atoms with E-state index >= 15 is 0 Å². The molecular formula is C26H34FN3O5. The fraction of sp³-hybridized carbons (Fsp3) is 0.577. The van der Waals surface area contributed by atoms with Crippen molar-refractivity contribution in [3.8, 4) is 5.75 Å². The summed E-state index contributed by atoms with van der Waals surface area (Å²) in [6, 6.07) is 5.85. The molecule has 2 amide bonds. The lowest BCUT2D eigenvalue weighted by atomic mass is 9.77. The van der Waals surface area contributed by atoms with Crippen LogP contribution in [0, 0.1) is 18.2 Å². The second kappa shape index (κ2) is 10.8. The Balaban J connectivity index is 1.56. The third kappa shape index (κ3) is 5.83. The van der Waals surface area contributed by atoms with Gasteiger partial charge in [0.1, 0.15) is 22.9 Å². The lowest BCUT2D eigenvalue weighted by Gasteiger charge is -2.43. The fourth-order valence-corrected chi connectivity index (χ4v) is 4.91. The fourth-order valence-electron chi connectivity index (χ4n) is 4.91. The highest BCUT2D eigenvalue weighted by molar-refractivity contribution is 5.96. The summed E-state index contributed by atoms with van der Waals surface area (Å²) in [5.41, 5.74) is 0.589. The molecule has 8 nitrogen and oxygen atoms in total. The summed E-state index contributed by atoms with van der Waals surface area (Å²) >= 11 is 0. The minimum Gasteiger partial charge on any atom is -0.493 e. The first-order valence-corrected chi connectivity index (χ1v) is 12.3. The van der Waals surface area contributed by atoms with Crippen molar-refractivity contribution in [1.29, 1.82) is 0 Å². The number of hydrogen-bond acceptors (Lipinski definition) is 6. The zero-order valence-electron chi connectivity index (χ0n) is 20.7. The monoisotopic (exact) mass is 487 g/mol. The third-order valence-corrected chi connectivity index (χ3v) is 6.85. The number of halogens is 1. The van der Waals surface area contributed by atoms with Crippen molar-refractivity contribution in [3.63, 3.8) is 0 Å². The number of morpholine rings is 1. The van der Waals surface area contributed by atoms with Crippen molar-refractivity contribution in [2.24, 2.45) is 5.41 Å². The SMILES string of the molecule is Cc1onc(C(C)C)c1C(=O)N1CCC[C@](COc2ccc(F)cc2)(CC(=O)N2CCOCC2)C1. The van der Waals surface area contributed by atoms with Crippen LogP contribution in [0.5, 0.6) is 5.75 Å². The molecule has 190 valence electrons. The first-order valence-electron chi connectivity index (χ1n) is 12.3. The first-order chi connectivity index (χ1) is 16.8. The number of piperidine rings is 1. The summed E-state index contributed by atoms with van der Waals surface area (Å²) in [6.45, 7) is 9.11. The van der Waals surface area contributed by atoms with Gasteiger partial charge in [-0.1, -0.05) is 19.0 Å². The Bertz CT molecular complexity index is 1030. The molecule has 2 saturated heterocycles. The second-order valence-electron chi connectivity index (χ2n) is 9.90. The number of amides is 2. The number of ether oxygens (including phenoxy) is 2. The summed E-state index contributed by atoms with van der Waals surface area (Å²) in [5.74, 6) is 0.651. The zero-order chi connectivity index (χ0) is 25.0. The predicted molar refractivity (Wildman–Crippen MR) is 127 cm³/mol. The van der Waals surface area contributed by atoms with E-state index in [1.807, 2.05) is 18.7 Å². The van der Waals surface area contributed by atoms with Gasteiger partial charge in [-0.3, -0.25) is 9.59 Å². The molecule has 2 aliphatic rings. The van der Waals surface area contributed by atoms with Gasteiger partial charge in [0, 0.05) is 38.0 Å². The van der Waals surface area contributed by atoms with Gasteiger partial charge in [-0.2, -0.15) is 0 Å². The topological polar surface area (TPSA) is 85.1 Å². The van der Waals surface area contributed by atoms with Crippen LogP contribution in [-0.4, -0.2) is 72.8 Å². The molecule has 2 fully saturated rings. The van der Waals surface area contributed by atoms with E-state index in [0.29, 0.717) is 62.2 Å². The summed E-state index contributed by atoms with van der Waals surface area (Å²) in [4.78, 5) is 30.5. The average molecular weight is 488 g/mol. The van der Waals surface area contributed by atoms with Crippen LogP contribution in [0.4, 0.5) is 4.39 Å². The Labute approximate surface area is 205 Å². The van der Waals surface area contributed by atoms with Crippen LogP contribution in [0.15, 0.2) is 28.8 Å². The van der Waals surface area contributed by atoms with Gasteiger partial charge in [-0.25, -0.2) is 4.39 Å². The van der Waals surface area contributed by atoms with E-state index in [1.54, 1.807) is 24.0 Å². The summed E-state index contributed by atoms with van der Waals surface area (Å²) in [6.07, 6.45) is 1.75. The highest BCUT2D eigenvalue weighted by Crippen LogP contribution is 2.37. The second-order valence-corrected chi connectivity index (χ2v) is 9.90. The molecule has 0 aliphatic carbocycles. The number of aromatic nitrogens is 1. The first kappa shape index (κ1) is 25.2. The Kier molecular flexibility index (Phi) is 7.74. The van der Waals surface area contributed by atoms with E-state index in [9.17, 15) is 14.0 Å². The molecule has 0 saturated carbocycles. The zero-order valence-corrected chi connectivity index (χ0v) is 20.7. The van der Waals surface area contributed by atoms with E-state index in [1.165, 1.54) is 12.1 Å². The standard InChI is InChI=1S/C26H34FN3O5/c1-18(2)24-23(19(3)35-28-24)25(32)30-10-4-9-26(16-30,15-22(31)29-11-13-33-14-12-29)17-34-21-7-5-20(27)6-8-21/h5-8,18H,4,9-17H2,1-3H3/t26-/m0/s1. The van der Waals surface area contributed by atoms with Crippen LogP contribution >= 0.6 is 0 Å². The smallest absolute Gasteiger partial charge is 0.259 e. The minimum absolute atomic E-state index is 0.0364. The summed E-state index contributed by atoms with van der Waals surface area (Å²) in [5, 5.41) is 4.11. The van der Waals surface area contributed by atoms with Crippen molar-refractivity contribution >= 4 is 11.8 Å². The Hall–Kier alpha value is -2.94. The van der Waals surface area contributed by atoms with E-state index in [2.05, 4.69) is 5.16 Å². The van der Waals surface area contributed by atoms with Gasteiger partial charge < -0.3 is 23.8 Å². The Morgan fingerprint density at radius 2 is 1.86 bits per heavy atom. The van der Waals surface area contributed by atoms with Crippen molar-refractivity contribution in [1.82, 2.24) is 15.0 Å². The Morgan fingerprint density at radius 3 is 2.54 bits per heavy atom. The lowest BCUT2D eigenvalue weighted by molar-refractivity contribution is -0.139. The van der Waals surface area contributed by atoms with Crippen LogP contribution in [0.25, 0.3) is 0 Å². The number of nitrogens with zero attached hydrogens (tertiary/aromatic N) is 3. The van der Waals surface area contributed by atoms with E-state index < -0.39 is 5.41 Å². The van der Waals surface area contributed by atoms with Gasteiger partial charge >= 0.3 is 0 Å². The van der Waals surface area contributed by atoms with Crippen LogP contribution in [-0.2, 0) is 9.53 Å². The highest BCUT2D eigenvalue weighted by Gasteiger charge is 2.42. The van der Waals surface area contributed by atoms with Gasteiger partial charge in [0.2, 0.25) is 5.91 Å². The molecule has 3 heterocycles. The molecular weight excluding hydrogens is 453 g/mol. The van der Waals surface area contributed by atoms with Crippen molar-refractivity contribution < 1.29 is 28.0 Å². The quantitative estimate of drug-likeness (QED) is 0.591. The van der Waals surface area contributed by atoms with Gasteiger partial charge in [-0.15, -0.1) is 0 Å². The van der Waals surface area contributed by atoms with Crippen molar-refractivity contribution in [2.75, 3.05) is 46.0 Å². The maximum Gasteiger partial charge on any atom is 0.259 e. The number of carbonyl (C=O) groups is 2. The summed E-state index contributed by atoms with van der Waals surface area (Å²) < 4.78 is 30.2. The molecule has 0 unspecified atom stereocenters. The number of hydrogen-bond donors (Lipinski definition) is 0. The number of aryl methyl sites for hydroxylation is 1. The van der Waals surface area contributed by atoms with Crippen LogP contribution in [0.2, 0.25) is 0 Å². The molecule has 35 heavy (non-hydrogen) atoms. The van der Waals surface area contributed by atoms with Crippen LogP contribution in [0.3, 0.4) is 0 Å². The van der Waals surface area contributed by atoms with Crippen molar-refractivity contribution in [2.45, 2.75) is 46.0 Å². The van der Waals surface area contributed by atoms with Crippen LogP contribution in [0.1, 0.15) is 60.8 Å². The normalized spacial score (nSPS) is 20.8. The molecule has 2 aromatic rings. The van der Waals surface area contributed by atoms with Gasteiger partial charge in [-0.05, 0) is 49.9 Å². The van der Waals surface area contributed by atoms with Gasteiger partial charge in [0.05, 0.1) is 25.5 Å². The number of likely N-dealkylation sites (tertiary alicyclic amines) is 1. The molecule has 4 rings (SSSR count). The van der Waals surface area contributed by atoms with Gasteiger partial charge in [0.15, 0.2) is 0 Å².